The molecule has 0 spiro atoms. The van der Waals surface area contributed by atoms with Crippen LogP contribution < -0.4 is 15.8 Å². The average molecular weight is 462 g/mol. The van der Waals surface area contributed by atoms with Crippen LogP contribution in [-0.4, -0.2) is 53.0 Å². The van der Waals surface area contributed by atoms with Gasteiger partial charge in [-0.05, 0) is 49.8 Å². The van der Waals surface area contributed by atoms with Crippen molar-refractivity contribution in [1.82, 2.24) is 20.2 Å². The Bertz CT molecular complexity index is 1340. The van der Waals surface area contributed by atoms with Crippen LogP contribution in [0.5, 0.6) is 0 Å². The van der Waals surface area contributed by atoms with Gasteiger partial charge in [0.25, 0.3) is 11.5 Å². The summed E-state index contributed by atoms with van der Waals surface area (Å²) in [5.41, 5.74) is 4.13. The number of hydrogen-bond acceptors (Lipinski definition) is 5. The molecule has 1 saturated carbocycles. The van der Waals surface area contributed by atoms with Crippen molar-refractivity contribution in [2.75, 3.05) is 25.0 Å². The number of aryl methyl sites for hydroxylation is 1. The highest BCUT2D eigenvalue weighted by atomic mass is 19.1. The standard InChI is InChI=1S/C26H28FN5O2/c1-28-26(34)20-8-6-16(13-29-20)32-12-11-31(21-9-10-22(21)32)14-15-5-7-18-17-3-2-4-19(17)25(33)30-24(18)23(15)27/h5-8,13,21-22H,2-4,9-12,14H2,1H3,(H,28,34)(H,30,33). The molecule has 2 aromatic heterocycles. The van der Waals surface area contributed by atoms with Gasteiger partial charge >= 0.3 is 0 Å². The molecule has 1 aromatic carbocycles. The van der Waals surface area contributed by atoms with E-state index in [0.29, 0.717) is 35.4 Å². The smallest absolute Gasteiger partial charge is 0.269 e. The zero-order valence-electron chi connectivity index (χ0n) is 19.2. The van der Waals surface area contributed by atoms with Crippen molar-refractivity contribution in [3.8, 4) is 0 Å². The van der Waals surface area contributed by atoms with Crippen LogP contribution in [0.15, 0.2) is 35.3 Å². The van der Waals surface area contributed by atoms with Gasteiger partial charge in [0.1, 0.15) is 5.69 Å². The summed E-state index contributed by atoms with van der Waals surface area (Å²) in [5, 5.41) is 3.45. The molecule has 6 rings (SSSR count). The highest BCUT2D eigenvalue weighted by Crippen LogP contribution is 2.38. The molecular weight excluding hydrogens is 433 g/mol. The molecule has 0 bridgehead atoms. The molecule has 34 heavy (non-hydrogen) atoms. The van der Waals surface area contributed by atoms with Crippen molar-refractivity contribution in [2.24, 2.45) is 0 Å². The Balaban J connectivity index is 1.22. The zero-order valence-corrected chi connectivity index (χ0v) is 19.2. The molecule has 3 aliphatic rings. The number of pyridine rings is 2. The first kappa shape index (κ1) is 21.3. The maximum Gasteiger partial charge on any atom is 0.269 e. The van der Waals surface area contributed by atoms with E-state index in [1.165, 1.54) is 0 Å². The lowest BCUT2D eigenvalue weighted by Crippen LogP contribution is -2.64. The van der Waals surface area contributed by atoms with Crippen LogP contribution in [0.2, 0.25) is 0 Å². The topological polar surface area (TPSA) is 81.3 Å². The van der Waals surface area contributed by atoms with Crippen molar-refractivity contribution in [3.63, 3.8) is 0 Å². The normalized spacial score (nSPS) is 21.8. The number of halogens is 1. The number of fused-ring (bicyclic) bond motifs is 4. The second-order valence-corrected chi connectivity index (χ2v) is 9.58. The van der Waals surface area contributed by atoms with E-state index in [-0.39, 0.29) is 17.3 Å². The lowest BCUT2D eigenvalue weighted by atomic mass is 9.81. The maximum absolute atomic E-state index is 15.5. The van der Waals surface area contributed by atoms with Gasteiger partial charge in [-0.15, -0.1) is 0 Å². The van der Waals surface area contributed by atoms with Crippen molar-refractivity contribution in [1.29, 1.82) is 0 Å². The van der Waals surface area contributed by atoms with Crippen LogP contribution in [0.1, 0.15) is 46.4 Å². The van der Waals surface area contributed by atoms with E-state index in [2.05, 4.69) is 25.1 Å². The molecule has 7 nitrogen and oxygen atoms in total. The fourth-order valence-electron chi connectivity index (χ4n) is 5.97. The number of nitrogens with zero attached hydrogens (tertiary/aromatic N) is 3. The van der Waals surface area contributed by atoms with Crippen LogP contribution in [-0.2, 0) is 19.4 Å². The van der Waals surface area contributed by atoms with Crippen LogP contribution >= 0.6 is 0 Å². The van der Waals surface area contributed by atoms with Crippen molar-refractivity contribution in [2.45, 2.75) is 50.7 Å². The van der Waals surface area contributed by atoms with E-state index in [4.69, 9.17) is 0 Å². The van der Waals surface area contributed by atoms with Gasteiger partial charge in [0.05, 0.1) is 17.4 Å². The number of rotatable bonds is 4. The Labute approximate surface area is 197 Å². The third-order valence-corrected chi connectivity index (χ3v) is 7.89. The largest absolute Gasteiger partial charge is 0.364 e. The van der Waals surface area contributed by atoms with Crippen LogP contribution in [0.4, 0.5) is 10.1 Å². The summed E-state index contributed by atoms with van der Waals surface area (Å²) in [6.45, 7) is 2.17. The van der Waals surface area contributed by atoms with E-state index in [1.54, 1.807) is 19.3 Å². The number of carbonyl (C=O) groups excluding carboxylic acids is 1. The Morgan fingerprint density at radius 2 is 1.97 bits per heavy atom. The minimum absolute atomic E-state index is 0.139. The first-order chi connectivity index (χ1) is 16.5. The lowest BCUT2D eigenvalue weighted by molar-refractivity contribution is 0.0650. The molecule has 0 radical (unpaired) electrons. The summed E-state index contributed by atoms with van der Waals surface area (Å²) < 4.78 is 15.5. The number of aromatic nitrogens is 2. The SMILES string of the molecule is CNC(=O)c1ccc(N2CCN(Cc3ccc4c5c(c(=O)[nH]c4c3F)CCC5)C3CCC32)cn1. The Morgan fingerprint density at radius 1 is 1.15 bits per heavy atom. The molecule has 1 amide bonds. The molecule has 3 heterocycles. The second-order valence-electron chi connectivity index (χ2n) is 9.58. The summed E-state index contributed by atoms with van der Waals surface area (Å²) >= 11 is 0. The number of hydrogen-bond donors (Lipinski definition) is 2. The van der Waals surface area contributed by atoms with Gasteiger partial charge in [-0.3, -0.25) is 14.5 Å². The average Bonchev–Trinajstić information content (AvgIpc) is 3.33. The van der Waals surface area contributed by atoms with E-state index >= 15 is 4.39 Å². The molecule has 3 aromatic rings. The van der Waals surface area contributed by atoms with Gasteiger partial charge < -0.3 is 15.2 Å². The third kappa shape index (κ3) is 3.31. The Morgan fingerprint density at radius 3 is 2.71 bits per heavy atom. The summed E-state index contributed by atoms with van der Waals surface area (Å²) in [6, 6.07) is 8.31. The number of nitrogens with one attached hydrogen (secondary N) is 2. The monoisotopic (exact) mass is 461 g/mol. The maximum atomic E-state index is 15.5. The van der Waals surface area contributed by atoms with Gasteiger partial charge in [-0.1, -0.05) is 12.1 Å². The molecule has 2 unspecified atom stereocenters. The number of amides is 1. The van der Waals surface area contributed by atoms with E-state index in [1.807, 2.05) is 18.2 Å². The number of H-pyrrole nitrogens is 1. The minimum atomic E-state index is -0.295. The molecule has 1 aliphatic heterocycles. The quantitative estimate of drug-likeness (QED) is 0.625. The first-order valence-electron chi connectivity index (χ1n) is 12.1. The van der Waals surface area contributed by atoms with Crippen molar-refractivity contribution in [3.05, 3.63) is 69.0 Å². The van der Waals surface area contributed by atoms with Gasteiger partial charge in [0.15, 0.2) is 5.82 Å². The summed E-state index contributed by atoms with van der Waals surface area (Å²) in [5.74, 6) is -0.488. The molecule has 1 saturated heterocycles. The summed E-state index contributed by atoms with van der Waals surface area (Å²) in [7, 11) is 1.60. The Hall–Kier alpha value is -3.26. The van der Waals surface area contributed by atoms with Crippen molar-refractivity contribution < 1.29 is 9.18 Å². The van der Waals surface area contributed by atoms with Gasteiger partial charge in [-0.2, -0.15) is 0 Å². The Kier molecular flexibility index (Phi) is 5.13. The number of anilines is 1. The van der Waals surface area contributed by atoms with Gasteiger partial charge in [-0.25, -0.2) is 9.37 Å². The van der Waals surface area contributed by atoms with E-state index in [9.17, 15) is 9.59 Å². The number of piperazine rings is 1. The van der Waals surface area contributed by atoms with Crippen molar-refractivity contribution >= 4 is 22.5 Å². The molecular formula is C26H28FN5O2. The van der Waals surface area contributed by atoms with E-state index < -0.39 is 0 Å². The first-order valence-corrected chi connectivity index (χ1v) is 12.1. The predicted molar refractivity (Wildman–Crippen MR) is 129 cm³/mol. The fraction of sp³-hybridized carbons (Fsp3) is 0.423. The van der Waals surface area contributed by atoms with Crippen LogP contribution in [0.25, 0.3) is 10.9 Å². The zero-order chi connectivity index (χ0) is 23.4. The number of carbonyl (C=O) groups is 1. The minimum Gasteiger partial charge on any atom is -0.364 e. The highest BCUT2D eigenvalue weighted by Gasteiger charge is 2.43. The lowest BCUT2D eigenvalue weighted by Gasteiger charge is -2.54. The summed E-state index contributed by atoms with van der Waals surface area (Å²) in [4.78, 5) is 36.1. The number of benzene rings is 1. The van der Waals surface area contributed by atoms with Gasteiger partial charge in [0.2, 0.25) is 0 Å². The molecule has 2 fully saturated rings. The number of aromatic amines is 1. The molecule has 8 heteroatoms. The van der Waals surface area contributed by atoms with E-state index in [0.717, 1.165) is 67.4 Å². The molecule has 176 valence electrons. The van der Waals surface area contributed by atoms with Gasteiger partial charge in [0, 0.05) is 55.3 Å². The second kappa shape index (κ2) is 8.20. The predicted octanol–water partition coefficient (Wildman–Crippen LogP) is 2.76. The molecule has 2 aliphatic carbocycles. The molecule has 2 N–H and O–H groups in total. The van der Waals surface area contributed by atoms with Crippen LogP contribution in [0, 0.1) is 5.82 Å². The fourth-order valence-corrected chi connectivity index (χ4v) is 5.97. The summed E-state index contributed by atoms with van der Waals surface area (Å²) in [6.07, 6.45) is 6.51. The third-order valence-electron chi connectivity index (χ3n) is 7.89. The highest BCUT2D eigenvalue weighted by molar-refractivity contribution is 5.92. The van der Waals surface area contributed by atoms with Crippen LogP contribution in [0.3, 0.4) is 0 Å². The molecule has 2 atom stereocenters.